The molecule has 0 spiro atoms. The van der Waals surface area contributed by atoms with Crippen molar-refractivity contribution in [2.45, 2.75) is 31.1 Å². The summed E-state index contributed by atoms with van der Waals surface area (Å²) in [5.74, 6) is 0. The molecule has 4 heteroatoms. The molecule has 0 radical (unpaired) electrons. The molecule has 0 aliphatic rings. The predicted molar refractivity (Wildman–Crippen MR) is 116 cm³/mol. The fourth-order valence-corrected chi connectivity index (χ4v) is 3.18. The Bertz CT molecular complexity index is 661. The van der Waals surface area contributed by atoms with Crippen molar-refractivity contribution in [3.05, 3.63) is 70.8 Å². The van der Waals surface area contributed by atoms with E-state index in [9.17, 15) is 0 Å². The van der Waals surface area contributed by atoms with Crippen molar-refractivity contribution >= 4 is 35.2 Å². The van der Waals surface area contributed by atoms with Crippen molar-refractivity contribution < 1.29 is 0 Å². The van der Waals surface area contributed by atoms with Crippen molar-refractivity contribution in [3.63, 3.8) is 0 Å². The van der Waals surface area contributed by atoms with Crippen molar-refractivity contribution in [2.75, 3.05) is 13.1 Å². The van der Waals surface area contributed by atoms with Gasteiger partial charge in [0.25, 0.3) is 0 Å². The smallest absolute Gasteiger partial charge is 0.0330 e. The van der Waals surface area contributed by atoms with Gasteiger partial charge in [-0.15, -0.1) is 0 Å². The van der Waals surface area contributed by atoms with Gasteiger partial charge in [0.1, 0.15) is 0 Å². The zero-order chi connectivity index (χ0) is 18.5. The SMILES string of the molecule is CC(C=S)(CN)c1ccc(Cc2ccc(C(C)(C=S)CN)cc2)cc1. The minimum atomic E-state index is -0.247. The van der Waals surface area contributed by atoms with Gasteiger partial charge in [0, 0.05) is 23.9 Å². The molecule has 0 aliphatic carbocycles. The van der Waals surface area contributed by atoms with Crippen molar-refractivity contribution in [3.8, 4) is 0 Å². The minimum Gasteiger partial charge on any atom is -0.329 e. The second-order valence-electron chi connectivity index (χ2n) is 7.05. The normalized spacial score (nSPS) is 15.8. The fraction of sp³-hybridized carbons (Fsp3) is 0.333. The van der Waals surface area contributed by atoms with Crippen LogP contribution in [0.4, 0.5) is 0 Å². The maximum absolute atomic E-state index is 5.87. The van der Waals surface area contributed by atoms with Gasteiger partial charge in [-0.3, -0.25) is 0 Å². The highest BCUT2D eigenvalue weighted by molar-refractivity contribution is 7.79. The highest BCUT2D eigenvalue weighted by Crippen LogP contribution is 2.24. The maximum atomic E-state index is 5.87. The lowest BCUT2D eigenvalue weighted by atomic mass is 9.83. The number of hydrogen-bond donors (Lipinski definition) is 2. The topological polar surface area (TPSA) is 52.0 Å². The first-order valence-electron chi connectivity index (χ1n) is 8.42. The van der Waals surface area contributed by atoms with Crippen molar-refractivity contribution in [2.24, 2.45) is 11.5 Å². The first kappa shape index (κ1) is 19.9. The van der Waals surface area contributed by atoms with Gasteiger partial charge in [0.15, 0.2) is 0 Å². The van der Waals surface area contributed by atoms with E-state index >= 15 is 0 Å². The van der Waals surface area contributed by atoms with Crippen LogP contribution in [-0.4, -0.2) is 23.8 Å². The monoisotopic (exact) mass is 370 g/mol. The predicted octanol–water partition coefficient (Wildman–Crippen LogP) is 3.71. The highest BCUT2D eigenvalue weighted by Gasteiger charge is 2.22. The van der Waals surface area contributed by atoms with Crippen LogP contribution in [0.5, 0.6) is 0 Å². The van der Waals surface area contributed by atoms with Gasteiger partial charge in [-0.1, -0.05) is 73.0 Å². The van der Waals surface area contributed by atoms with Crippen LogP contribution in [0.3, 0.4) is 0 Å². The summed E-state index contributed by atoms with van der Waals surface area (Å²) in [5, 5.41) is 3.51. The van der Waals surface area contributed by atoms with E-state index in [0.717, 1.165) is 17.5 Å². The van der Waals surface area contributed by atoms with Gasteiger partial charge in [0.2, 0.25) is 0 Å². The zero-order valence-electron chi connectivity index (χ0n) is 14.9. The summed E-state index contributed by atoms with van der Waals surface area (Å²) in [6, 6.07) is 17.1. The van der Waals surface area contributed by atoms with Gasteiger partial charge < -0.3 is 11.5 Å². The molecule has 4 N–H and O–H groups in total. The zero-order valence-corrected chi connectivity index (χ0v) is 16.5. The van der Waals surface area contributed by atoms with Crippen LogP contribution in [0.25, 0.3) is 0 Å². The summed E-state index contributed by atoms with van der Waals surface area (Å²) in [5.41, 5.74) is 16.1. The summed E-state index contributed by atoms with van der Waals surface area (Å²) in [7, 11) is 0. The Balaban J connectivity index is 2.15. The third-order valence-electron chi connectivity index (χ3n) is 5.00. The molecule has 0 aliphatic heterocycles. The van der Waals surface area contributed by atoms with Crippen LogP contribution in [0.15, 0.2) is 48.5 Å². The average molecular weight is 371 g/mol. The molecule has 0 saturated carbocycles. The Hall–Kier alpha value is -1.46. The highest BCUT2D eigenvalue weighted by atomic mass is 32.1. The lowest BCUT2D eigenvalue weighted by Crippen LogP contribution is -2.32. The molecule has 2 aromatic carbocycles. The molecule has 25 heavy (non-hydrogen) atoms. The molecule has 0 amide bonds. The summed E-state index contributed by atoms with van der Waals surface area (Å²) in [4.78, 5) is 0. The maximum Gasteiger partial charge on any atom is 0.0330 e. The van der Waals surface area contributed by atoms with E-state index < -0.39 is 0 Å². The fourth-order valence-electron chi connectivity index (χ4n) is 2.71. The molecular weight excluding hydrogens is 344 g/mol. The van der Waals surface area contributed by atoms with Crippen molar-refractivity contribution in [1.82, 2.24) is 0 Å². The lowest BCUT2D eigenvalue weighted by Gasteiger charge is -2.24. The van der Waals surface area contributed by atoms with Crippen LogP contribution in [0.2, 0.25) is 0 Å². The van der Waals surface area contributed by atoms with E-state index in [4.69, 9.17) is 35.9 Å². The first-order valence-corrected chi connectivity index (χ1v) is 9.37. The average Bonchev–Trinajstić information content (AvgIpc) is 2.68. The molecule has 2 atom stereocenters. The molecule has 0 aromatic heterocycles. The lowest BCUT2D eigenvalue weighted by molar-refractivity contribution is 0.670. The first-order chi connectivity index (χ1) is 11.9. The molecule has 0 fully saturated rings. The number of nitrogens with two attached hydrogens (primary N) is 2. The molecule has 0 heterocycles. The number of benzene rings is 2. The van der Waals surface area contributed by atoms with E-state index in [1.807, 2.05) is 0 Å². The quantitative estimate of drug-likeness (QED) is 0.696. The van der Waals surface area contributed by atoms with Gasteiger partial charge in [-0.05, 0) is 53.3 Å². The summed E-state index contributed by atoms with van der Waals surface area (Å²) in [6.07, 6.45) is 0.883. The minimum absolute atomic E-state index is 0.247. The third-order valence-corrected chi connectivity index (χ3v) is 6.04. The van der Waals surface area contributed by atoms with E-state index in [2.05, 4.69) is 62.4 Å². The number of hydrogen-bond acceptors (Lipinski definition) is 4. The van der Waals surface area contributed by atoms with E-state index in [0.29, 0.717) is 13.1 Å². The molecule has 2 nitrogen and oxygen atoms in total. The second kappa shape index (κ2) is 8.28. The Morgan fingerprint density at radius 1 is 0.720 bits per heavy atom. The largest absolute Gasteiger partial charge is 0.329 e. The van der Waals surface area contributed by atoms with Gasteiger partial charge in [-0.2, -0.15) is 0 Å². The Labute approximate surface area is 161 Å². The summed E-state index contributed by atoms with van der Waals surface area (Å²) < 4.78 is 0. The molecular formula is C21H26N2S2. The van der Waals surface area contributed by atoms with E-state index in [1.54, 1.807) is 10.7 Å². The Morgan fingerprint density at radius 2 is 1.04 bits per heavy atom. The second-order valence-corrected chi connectivity index (χ2v) is 7.52. The van der Waals surface area contributed by atoms with Crippen LogP contribution in [0.1, 0.15) is 36.1 Å². The third kappa shape index (κ3) is 4.39. The molecule has 0 saturated heterocycles. The van der Waals surface area contributed by atoms with Crippen LogP contribution >= 0.6 is 24.4 Å². The van der Waals surface area contributed by atoms with Gasteiger partial charge >= 0.3 is 0 Å². The molecule has 2 aromatic rings. The van der Waals surface area contributed by atoms with Gasteiger partial charge in [0.05, 0.1) is 0 Å². The Morgan fingerprint density at radius 3 is 1.28 bits per heavy atom. The van der Waals surface area contributed by atoms with E-state index in [-0.39, 0.29) is 10.8 Å². The Kier molecular flexibility index (Phi) is 6.58. The van der Waals surface area contributed by atoms with Crippen LogP contribution in [-0.2, 0) is 17.3 Å². The van der Waals surface area contributed by atoms with E-state index in [1.165, 1.54) is 11.1 Å². The molecule has 132 valence electrons. The molecule has 2 rings (SSSR count). The van der Waals surface area contributed by atoms with Crippen LogP contribution in [0, 0.1) is 0 Å². The molecule has 0 bridgehead atoms. The summed E-state index contributed by atoms with van der Waals surface area (Å²) >= 11 is 10.3. The van der Waals surface area contributed by atoms with Crippen molar-refractivity contribution in [1.29, 1.82) is 0 Å². The molecule has 2 unspecified atom stereocenters. The summed E-state index contributed by atoms with van der Waals surface area (Å²) in [6.45, 7) is 5.16. The standard InChI is InChI=1S/C21H26N2S2/c1-20(12-22,14-24)18-7-3-16(4-8-18)11-17-5-9-19(10-6-17)21(2,13-23)15-25/h3-10,14-15H,11-13,22-23H2,1-2H3. The number of rotatable bonds is 8. The van der Waals surface area contributed by atoms with Gasteiger partial charge in [-0.25, -0.2) is 0 Å². The number of thiocarbonyl (C=S) groups is 2. The van der Waals surface area contributed by atoms with Crippen LogP contribution < -0.4 is 11.5 Å².